The van der Waals surface area contributed by atoms with Gasteiger partial charge < -0.3 is 19.7 Å². The third-order valence-corrected chi connectivity index (χ3v) is 9.42. The number of rotatable bonds is 9. The quantitative estimate of drug-likeness (QED) is 0.157. The van der Waals surface area contributed by atoms with E-state index in [0.29, 0.717) is 48.9 Å². The van der Waals surface area contributed by atoms with Crippen LogP contribution < -0.4 is 4.74 Å². The van der Waals surface area contributed by atoms with Gasteiger partial charge in [0, 0.05) is 53.0 Å². The van der Waals surface area contributed by atoms with Crippen LogP contribution >= 0.6 is 11.3 Å². The summed E-state index contributed by atoms with van der Waals surface area (Å²) in [7, 11) is 1.60. The van der Waals surface area contributed by atoms with Gasteiger partial charge in [-0.15, -0.1) is 11.3 Å². The minimum atomic E-state index is -0.744. The monoisotopic (exact) mass is 612 g/mol. The average molecular weight is 613 g/mol. The lowest BCUT2D eigenvalue weighted by Crippen LogP contribution is -2.40. The maximum atomic E-state index is 14.6. The molecule has 2 aromatic carbocycles. The molecule has 8 nitrogen and oxygen atoms in total. The van der Waals surface area contributed by atoms with Gasteiger partial charge in [-0.25, -0.2) is 9.37 Å². The van der Waals surface area contributed by atoms with Crippen LogP contribution in [0.4, 0.5) is 4.39 Å². The number of ether oxygens (including phenoxy) is 2. The normalized spacial score (nSPS) is 17.0. The summed E-state index contributed by atoms with van der Waals surface area (Å²) in [6.07, 6.45) is 1.87. The number of pyridine rings is 1. The van der Waals surface area contributed by atoms with E-state index in [4.69, 9.17) is 19.6 Å². The van der Waals surface area contributed by atoms with Crippen molar-refractivity contribution in [2.24, 2.45) is 0 Å². The summed E-state index contributed by atoms with van der Waals surface area (Å²) >= 11 is 1.59. The predicted octanol–water partition coefficient (Wildman–Crippen LogP) is 5.96. The number of aliphatic hydroxyl groups excluding tert-OH is 2. The molecule has 3 aromatic heterocycles. The standard InChI is InChI=1S/C34H33FN4O4S/c1-3-30(41)38-11-12-39-23(19-38)18-27(37-39)33-31(24-8-7-22(35)17-29(24)43-14-13-42-2)34-25(10-15-44-34)32(36-33)21-5-4-20-6-9-28(40)26(20)16-21/h3-5,7-8,10,15-18,28,30,40-41H,1,6,9,11-14,19H2,2H3/t28-,30?/m0/s1. The zero-order valence-corrected chi connectivity index (χ0v) is 25.2. The highest BCUT2D eigenvalue weighted by atomic mass is 32.1. The molecule has 0 amide bonds. The van der Waals surface area contributed by atoms with E-state index in [9.17, 15) is 14.6 Å². The molecule has 0 bridgehead atoms. The van der Waals surface area contributed by atoms with E-state index in [0.717, 1.165) is 56.6 Å². The number of thiophene rings is 1. The van der Waals surface area contributed by atoms with Gasteiger partial charge in [0.15, 0.2) is 0 Å². The highest BCUT2D eigenvalue weighted by Gasteiger charge is 2.28. The van der Waals surface area contributed by atoms with Gasteiger partial charge in [-0.3, -0.25) is 9.58 Å². The van der Waals surface area contributed by atoms with E-state index >= 15 is 0 Å². The molecule has 1 unspecified atom stereocenters. The van der Waals surface area contributed by atoms with E-state index in [1.807, 2.05) is 21.0 Å². The lowest BCUT2D eigenvalue weighted by atomic mass is 9.96. The summed E-state index contributed by atoms with van der Waals surface area (Å²) < 4.78 is 28.7. The molecule has 0 fully saturated rings. The van der Waals surface area contributed by atoms with Crippen LogP contribution in [-0.4, -0.2) is 63.0 Å². The molecular weight excluding hydrogens is 579 g/mol. The molecule has 5 aromatic rings. The van der Waals surface area contributed by atoms with Gasteiger partial charge in [0.1, 0.15) is 35.8 Å². The summed E-state index contributed by atoms with van der Waals surface area (Å²) in [4.78, 5) is 7.25. The molecule has 44 heavy (non-hydrogen) atoms. The molecule has 2 N–H and O–H groups in total. The Morgan fingerprint density at radius 2 is 2.02 bits per heavy atom. The molecule has 1 aliphatic carbocycles. The van der Waals surface area contributed by atoms with Crippen molar-refractivity contribution >= 4 is 21.4 Å². The summed E-state index contributed by atoms with van der Waals surface area (Å²) in [5.41, 5.74) is 7.62. The van der Waals surface area contributed by atoms with Gasteiger partial charge in [-0.1, -0.05) is 18.7 Å². The number of aliphatic hydroxyl groups is 2. The maximum absolute atomic E-state index is 14.6. The molecule has 2 atom stereocenters. The topological polar surface area (TPSA) is 92.9 Å². The summed E-state index contributed by atoms with van der Waals surface area (Å²) in [5.74, 6) is 0.00204. The van der Waals surface area contributed by atoms with Crippen molar-refractivity contribution in [3.05, 3.63) is 89.2 Å². The van der Waals surface area contributed by atoms with Crippen molar-refractivity contribution in [1.82, 2.24) is 19.7 Å². The van der Waals surface area contributed by atoms with Gasteiger partial charge in [0.25, 0.3) is 0 Å². The van der Waals surface area contributed by atoms with Crippen molar-refractivity contribution in [3.63, 3.8) is 0 Å². The van der Waals surface area contributed by atoms with Gasteiger partial charge in [0.2, 0.25) is 0 Å². The Hall–Kier alpha value is -3.93. The number of aryl methyl sites for hydroxylation is 1. The fraction of sp³-hybridized carbons (Fsp3) is 0.294. The zero-order valence-electron chi connectivity index (χ0n) is 24.4. The van der Waals surface area contributed by atoms with E-state index < -0.39 is 18.1 Å². The van der Waals surface area contributed by atoms with Crippen LogP contribution in [0.15, 0.2) is 66.6 Å². The van der Waals surface area contributed by atoms with Crippen molar-refractivity contribution in [2.45, 2.75) is 38.3 Å². The van der Waals surface area contributed by atoms with Crippen LogP contribution in [0.2, 0.25) is 0 Å². The number of methoxy groups -OCH3 is 1. The molecular formula is C34H33FN4O4S. The van der Waals surface area contributed by atoms with Gasteiger partial charge in [-0.2, -0.15) is 5.10 Å². The highest BCUT2D eigenvalue weighted by Crippen LogP contribution is 2.46. The van der Waals surface area contributed by atoms with Crippen LogP contribution in [0.25, 0.3) is 43.9 Å². The third-order valence-electron chi connectivity index (χ3n) is 8.49. The number of benzene rings is 2. The number of fused-ring (bicyclic) bond motifs is 3. The second-order valence-corrected chi connectivity index (χ2v) is 12.1. The average Bonchev–Trinajstić information content (AvgIpc) is 3.78. The minimum absolute atomic E-state index is 0.263. The molecule has 1 aliphatic heterocycles. The molecule has 0 spiro atoms. The minimum Gasteiger partial charge on any atom is -0.490 e. The summed E-state index contributed by atoms with van der Waals surface area (Å²) in [6, 6.07) is 14.9. The SMILES string of the molecule is C=CC(O)N1CCn2nc(-c3nc(-c4ccc5c(c4)[C@@H](O)CC5)c4ccsc4c3-c3ccc(F)cc3OCCOC)cc2C1. The van der Waals surface area contributed by atoms with E-state index in [-0.39, 0.29) is 6.61 Å². The van der Waals surface area contributed by atoms with Crippen LogP contribution in [0.5, 0.6) is 5.75 Å². The predicted molar refractivity (Wildman–Crippen MR) is 169 cm³/mol. The molecule has 10 heteroatoms. The largest absolute Gasteiger partial charge is 0.490 e. The lowest BCUT2D eigenvalue weighted by Gasteiger charge is -2.29. The van der Waals surface area contributed by atoms with Crippen molar-refractivity contribution < 1.29 is 24.1 Å². The van der Waals surface area contributed by atoms with Crippen LogP contribution in [0.1, 0.15) is 29.3 Å². The first kappa shape index (κ1) is 28.8. The second kappa shape index (κ2) is 11.9. The molecule has 2 aliphatic rings. The van der Waals surface area contributed by atoms with Crippen molar-refractivity contribution in [3.8, 4) is 39.5 Å². The van der Waals surface area contributed by atoms with Crippen LogP contribution in [0, 0.1) is 5.82 Å². The van der Waals surface area contributed by atoms with E-state index in [1.54, 1.807) is 24.5 Å². The Morgan fingerprint density at radius 1 is 1.14 bits per heavy atom. The van der Waals surface area contributed by atoms with Crippen LogP contribution in [0.3, 0.4) is 0 Å². The molecule has 0 saturated heterocycles. The van der Waals surface area contributed by atoms with Gasteiger partial charge in [0.05, 0.1) is 30.6 Å². The number of aromatic nitrogens is 3. The lowest BCUT2D eigenvalue weighted by molar-refractivity contribution is 0.0209. The molecule has 0 radical (unpaired) electrons. The first-order valence-electron chi connectivity index (χ1n) is 14.7. The van der Waals surface area contributed by atoms with Crippen molar-refractivity contribution in [1.29, 1.82) is 0 Å². The summed E-state index contributed by atoms with van der Waals surface area (Å²) in [5, 5.41) is 29.0. The number of halogens is 1. The maximum Gasteiger partial charge on any atom is 0.130 e. The fourth-order valence-electron chi connectivity index (χ4n) is 6.24. The Kier molecular flexibility index (Phi) is 7.77. The Balaban J connectivity index is 1.45. The zero-order chi connectivity index (χ0) is 30.4. The molecule has 4 heterocycles. The smallest absolute Gasteiger partial charge is 0.130 e. The van der Waals surface area contributed by atoms with Gasteiger partial charge >= 0.3 is 0 Å². The molecule has 0 saturated carbocycles. The Bertz CT molecular complexity index is 1870. The summed E-state index contributed by atoms with van der Waals surface area (Å²) in [6.45, 7) is 6.10. The molecule has 7 rings (SSSR count). The van der Waals surface area contributed by atoms with E-state index in [1.165, 1.54) is 18.2 Å². The Labute approximate surface area is 258 Å². The number of hydrogen-bond acceptors (Lipinski definition) is 8. The van der Waals surface area contributed by atoms with Crippen molar-refractivity contribution in [2.75, 3.05) is 26.9 Å². The first-order chi connectivity index (χ1) is 21.4. The first-order valence-corrected chi connectivity index (χ1v) is 15.6. The fourth-order valence-corrected chi connectivity index (χ4v) is 7.20. The highest BCUT2D eigenvalue weighted by molar-refractivity contribution is 7.18. The third kappa shape index (κ3) is 5.12. The van der Waals surface area contributed by atoms with E-state index in [2.05, 4.69) is 30.8 Å². The second-order valence-electron chi connectivity index (χ2n) is 11.2. The van der Waals surface area contributed by atoms with Crippen LogP contribution in [-0.2, 0) is 24.2 Å². The Morgan fingerprint density at radius 3 is 2.86 bits per heavy atom. The number of hydrogen-bond donors (Lipinski definition) is 2. The number of nitrogens with zero attached hydrogens (tertiary/aromatic N) is 4. The molecule has 226 valence electrons. The van der Waals surface area contributed by atoms with Gasteiger partial charge in [-0.05, 0) is 65.8 Å².